The van der Waals surface area contributed by atoms with Gasteiger partial charge in [0.25, 0.3) is 0 Å². The number of rotatable bonds is 11. The third kappa shape index (κ3) is 7.46. The van der Waals surface area contributed by atoms with Gasteiger partial charge in [0.15, 0.2) is 0 Å². The number of aryl methyl sites for hydroxylation is 1. The quantitative estimate of drug-likeness (QED) is 0.128. The molecule has 0 aromatic heterocycles. The molecule has 0 heterocycles. The second kappa shape index (κ2) is 13.4. The van der Waals surface area contributed by atoms with E-state index in [2.05, 4.69) is 37.3 Å². The molecule has 5 aromatic rings. The van der Waals surface area contributed by atoms with Gasteiger partial charge in [-0.2, -0.15) is 0 Å². The Hall–Kier alpha value is -4.67. The van der Waals surface area contributed by atoms with E-state index in [9.17, 15) is 4.79 Å². The van der Waals surface area contributed by atoms with E-state index in [1.165, 1.54) is 5.56 Å². The molecule has 5 aromatic carbocycles. The molecule has 0 bridgehead atoms. The molecule has 0 aliphatic carbocycles. The number of hydrogen-bond donors (Lipinski definition) is 0. The Bertz CT molecular complexity index is 1510. The van der Waals surface area contributed by atoms with Crippen molar-refractivity contribution in [1.29, 1.82) is 0 Å². The van der Waals surface area contributed by atoms with Crippen LogP contribution >= 0.6 is 0 Å². The highest BCUT2D eigenvalue weighted by Gasteiger charge is 2.13. The van der Waals surface area contributed by atoms with Gasteiger partial charge in [0.05, 0.1) is 18.8 Å². The number of ether oxygens (including phenoxy) is 3. The first-order chi connectivity index (χ1) is 19.6. The van der Waals surface area contributed by atoms with Gasteiger partial charge in [-0.25, -0.2) is 4.79 Å². The summed E-state index contributed by atoms with van der Waals surface area (Å²) in [5.74, 6) is 0.416. The molecular weight excluding hydrogens is 496 g/mol. The van der Waals surface area contributed by atoms with Crippen LogP contribution in [0.3, 0.4) is 0 Å². The van der Waals surface area contributed by atoms with E-state index in [0.717, 1.165) is 39.1 Å². The van der Waals surface area contributed by atoms with E-state index in [1.54, 1.807) is 0 Å². The molecule has 0 unspecified atom stereocenters. The van der Waals surface area contributed by atoms with Crippen LogP contribution in [0.15, 0.2) is 127 Å². The molecule has 0 aliphatic rings. The minimum atomic E-state index is -0.374. The fraction of sp³-hybridized carbons (Fsp3) is 0.139. The monoisotopic (exact) mass is 528 g/mol. The van der Waals surface area contributed by atoms with E-state index in [4.69, 9.17) is 14.2 Å². The van der Waals surface area contributed by atoms with Crippen molar-refractivity contribution in [3.05, 3.63) is 150 Å². The van der Waals surface area contributed by atoms with E-state index in [1.807, 2.05) is 97.1 Å². The highest BCUT2D eigenvalue weighted by Crippen LogP contribution is 2.30. The predicted molar refractivity (Wildman–Crippen MR) is 159 cm³/mol. The first-order valence-electron chi connectivity index (χ1n) is 13.4. The highest BCUT2D eigenvalue weighted by molar-refractivity contribution is 5.93. The number of carbonyl (C=O) groups excluding carboxylic acids is 1. The normalized spacial score (nSPS) is 10.7. The smallest absolute Gasteiger partial charge is 0.338 e. The standard InChI is InChI=1S/C36H32O4/c1-27-12-14-30(15-13-27)32-22-33(31-16-18-35(19-17-31)40-26-29-10-6-3-7-11-29)24-34(23-32)36(37)39-21-20-38-25-28-8-4-2-5-9-28/h2-19,22-24H,20-21,25-26H2,1H3. The lowest BCUT2D eigenvalue weighted by Gasteiger charge is -2.12. The van der Waals surface area contributed by atoms with Crippen molar-refractivity contribution in [3.63, 3.8) is 0 Å². The summed E-state index contributed by atoms with van der Waals surface area (Å²) in [5, 5.41) is 0. The summed E-state index contributed by atoms with van der Waals surface area (Å²) in [6.07, 6.45) is 0. The fourth-order valence-electron chi connectivity index (χ4n) is 4.35. The second-order valence-corrected chi connectivity index (χ2v) is 9.64. The second-order valence-electron chi connectivity index (χ2n) is 9.64. The molecule has 0 spiro atoms. The van der Waals surface area contributed by atoms with Gasteiger partial charge in [0, 0.05) is 0 Å². The van der Waals surface area contributed by atoms with Gasteiger partial charge >= 0.3 is 5.97 Å². The van der Waals surface area contributed by atoms with Crippen molar-refractivity contribution in [2.75, 3.05) is 13.2 Å². The van der Waals surface area contributed by atoms with Crippen molar-refractivity contribution in [3.8, 4) is 28.0 Å². The number of carbonyl (C=O) groups is 1. The molecule has 200 valence electrons. The van der Waals surface area contributed by atoms with Crippen LogP contribution in [0, 0.1) is 6.92 Å². The van der Waals surface area contributed by atoms with Gasteiger partial charge in [0.2, 0.25) is 0 Å². The van der Waals surface area contributed by atoms with Crippen molar-refractivity contribution < 1.29 is 19.0 Å². The predicted octanol–water partition coefficient (Wildman–Crippen LogP) is 8.28. The van der Waals surface area contributed by atoms with E-state index in [0.29, 0.717) is 25.4 Å². The van der Waals surface area contributed by atoms with Crippen LogP contribution in [-0.2, 0) is 22.7 Å². The highest BCUT2D eigenvalue weighted by atomic mass is 16.6. The van der Waals surface area contributed by atoms with Crippen molar-refractivity contribution in [2.24, 2.45) is 0 Å². The summed E-state index contributed by atoms with van der Waals surface area (Å²) < 4.78 is 17.2. The Morgan fingerprint density at radius 1 is 0.575 bits per heavy atom. The van der Waals surface area contributed by atoms with Crippen LogP contribution in [0.2, 0.25) is 0 Å². The zero-order valence-electron chi connectivity index (χ0n) is 22.6. The maximum Gasteiger partial charge on any atom is 0.338 e. The lowest BCUT2D eigenvalue weighted by atomic mass is 9.95. The number of hydrogen-bond acceptors (Lipinski definition) is 4. The molecule has 0 amide bonds. The minimum Gasteiger partial charge on any atom is -0.489 e. The molecule has 0 radical (unpaired) electrons. The van der Waals surface area contributed by atoms with Crippen LogP contribution in [0.4, 0.5) is 0 Å². The summed E-state index contributed by atoms with van der Waals surface area (Å²) in [4.78, 5) is 13.1. The Morgan fingerprint density at radius 2 is 1.12 bits per heavy atom. The van der Waals surface area contributed by atoms with Crippen LogP contribution < -0.4 is 4.74 Å². The molecule has 0 saturated carbocycles. The molecule has 4 nitrogen and oxygen atoms in total. The Kier molecular flexibility index (Phi) is 9.02. The molecule has 0 fully saturated rings. The number of benzene rings is 5. The van der Waals surface area contributed by atoms with Crippen molar-refractivity contribution in [2.45, 2.75) is 20.1 Å². The molecule has 4 heteroatoms. The zero-order chi connectivity index (χ0) is 27.6. The minimum absolute atomic E-state index is 0.184. The Morgan fingerprint density at radius 3 is 1.73 bits per heavy atom. The molecular formula is C36H32O4. The molecule has 0 N–H and O–H groups in total. The lowest BCUT2D eigenvalue weighted by molar-refractivity contribution is 0.0288. The molecule has 5 rings (SSSR count). The maximum absolute atomic E-state index is 13.1. The van der Waals surface area contributed by atoms with Crippen LogP contribution in [0.1, 0.15) is 27.0 Å². The van der Waals surface area contributed by atoms with E-state index in [-0.39, 0.29) is 12.6 Å². The topological polar surface area (TPSA) is 44.8 Å². The van der Waals surface area contributed by atoms with E-state index < -0.39 is 0 Å². The van der Waals surface area contributed by atoms with E-state index >= 15 is 0 Å². The van der Waals surface area contributed by atoms with Gasteiger partial charge in [-0.05, 0) is 70.6 Å². The summed E-state index contributed by atoms with van der Waals surface area (Å²) in [6, 6.07) is 42.1. The molecule has 0 saturated heterocycles. The van der Waals surface area contributed by atoms with Crippen molar-refractivity contribution >= 4 is 5.97 Å². The Balaban J connectivity index is 1.30. The fourth-order valence-corrected chi connectivity index (χ4v) is 4.35. The summed E-state index contributed by atoms with van der Waals surface area (Å²) >= 11 is 0. The lowest BCUT2D eigenvalue weighted by Crippen LogP contribution is -2.11. The molecule has 40 heavy (non-hydrogen) atoms. The summed E-state index contributed by atoms with van der Waals surface area (Å²) in [7, 11) is 0. The first-order valence-corrected chi connectivity index (χ1v) is 13.4. The third-order valence-electron chi connectivity index (χ3n) is 6.56. The van der Waals surface area contributed by atoms with Gasteiger partial charge in [-0.3, -0.25) is 0 Å². The molecule has 0 aliphatic heterocycles. The SMILES string of the molecule is Cc1ccc(-c2cc(C(=O)OCCOCc3ccccc3)cc(-c3ccc(OCc4ccccc4)cc3)c2)cc1. The van der Waals surface area contributed by atoms with Gasteiger partial charge in [-0.15, -0.1) is 0 Å². The largest absolute Gasteiger partial charge is 0.489 e. The average Bonchev–Trinajstić information content (AvgIpc) is 3.01. The average molecular weight is 529 g/mol. The van der Waals surface area contributed by atoms with Gasteiger partial charge < -0.3 is 14.2 Å². The third-order valence-corrected chi connectivity index (χ3v) is 6.56. The summed E-state index contributed by atoms with van der Waals surface area (Å²) in [6.45, 7) is 3.56. The zero-order valence-corrected chi connectivity index (χ0v) is 22.6. The van der Waals surface area contributed by atoms with Crippen molar-refractivity contribution in [1.82, 2.24) is 0 Å². The van der Waals surface area contributed by atoms with Gasteiger partial charge in [-0.1, -0.05) is 103 Å². The summed E-state index contributed by atoms with van der Waals surface area (Å²) in [5.41, 5.74) is 7.79. The van der Waals surface area contributed by atoms with Crippen LogP contribution in [0.25, 0.3) is 22.3 Å². The van der Waals surface area contributed by atoms with Gasteiger partial charge in [0.1, 0.15) is 19.0 Å². The first kappa shape index (κ1) is 26.9. The molecule has 0 atom stereocenters. The Labute approximate surface area is 235 Å². The number of esters is 1. The van der Waals surface area contributed by atoms with Crippen LogP contribution in [-0.4, -0.2) is 19.2 Å². The van der Waals surface area contributed by atoms with Crippen LogP contribution in [0.5, 0.6) is 5.75 Å². The maximum atomic E-state index is 13.1.